The summed E-state index contributed by atoms with van der Waals surface area (Å²) in [6, 6.07) is 30.4. The van der Waals surface area contributed by atoms with Gasteiger partial charge < -0.3 is 10.1 Å². The summed E-state index contributed by atoms with van der Waals surface area (Å²) in [6.45, 7) is 2.51. The van der Waals surface area contributed by atoms with Gasteiger partial charge in [-0.25, -0.2) is 12.8 Å². The molecule has 5 nitrogen and oxygen atoms in total. The Morgan fingerprint density at radius 3 is 2.22 bits per heavy atom. The molecule has 2 atom stereocenters. The van der Waals surface area contributed by atoms with Crippen LogP contribution in [-0.2, 0) is 23.0 Å². The first-order valence-corrected chi connectivity index (χ1v) is 13.8. The van der Waals surface area contributed by atoms with Crippen LogP contribution in [-0.4, -0.2) is 25.3 Å². The molecule has 7 heteroatoms. The minimum atomic E-state index is -3.99. The van der Waals surface area contributed by atoms with Crippen LogP contribution in [0, 0.1) is 5.82 Å². The SMILES string of the molecule is C[C@H]1[C@H](c2ccccc2)Oc2cccc(NCCc3ccccc3)c2S(=O)(=O)N1Cc1ccc(F)cc1. The van der Waals surface area contributed by atoms with Gasteiger partial charge in [0.15, 0.2) is 0 Å². The Morgan fingerprint density at radius 1 is 0.838 bits per heavy atom. The van der Waals surface area contributed by atoms with Gasteiger partial charge >= 0.3 is 0 Å². The lowest BCUT2D eigenvalue weighted by atomic mass is 10.0. The number of ether oxygens (including phenoxy) is 1. The summed E-state index contributed by atoms with van der Waals surface area (Å²) in [7, 11) is -3.99. The minimum Gasteiger partial charge on any atom is -0.483 e. The highest BCUT2D eigenvalue weighted by Gasteiger charge is 2.42. The Labute approximate surface area is 217 Å². The number of anilines is 1. The van der Waals surface area contributed by atoms with Crippen LogP contribution in [0.2, 0.25) is 0 Å². The van der Waals surface area contributed by atoms with Gasteiger partial charge in [-0.05, 0) is 54.3 Å². The molecule has 1 N–H and O–H groups in total. The molecule has 0 saturated carbocycles. The molecule has 0 fully saturated rings. The van der Waals surface area contributed by atoms with Crippen molar-refractivity contribution in [2.24, 2.45) is 0 Å². The number of nitrogens with one attached hydrogen (secondary N) is 1. The summed E-state index contributed by atoms with van der Waals surface area (Å²) in [5, 5.41) is 3.33. The molecule has 0 amide bonds. The van der Waals surface area contributed by atoms with Gasteiger partial charge in [-0.3, -0.25) is 0 Å². The number of rotatable bonds is 7. The first-order chi connectivity index (χ1) is 17.9. The molecule has 1 aliphatic rings. The van der Waals surface area contributed by atoms with E-state index in [4.69, 9.17) is 4.74 Å². The van der Waals surface area contributed by atoms with Crippen LogP contribution in [0.3, 0.4) is 0 Å². The summed E-state index contributed by atoms with van der Waals surface area (Å²) in [5.41, 5.74) is 3.23. The highest BCUT2D eigenvalue weighted by Crippen LogP contribution is 2.43. The molecule has 0 spiro atoms. The minimum absolute atomic E-state index is 0.0915. The second kappa shape index (κ2) is 10.7. The van der Waals surface area contributed by atoms with Crippen molar-refractivity contribution in [3.8, 4) is 5.75 Å². The standard InChI is InChI=1S/C30H29FN2O3S/c1-22-29(25-11-6-3-7-12-25)36-28-14-8-13-27(32-20-19-23-9-4-2-5-10-23)30(28)37(34,35)33(22)21-24-15-17-26(31)18-16-24/h2-18,22,29,32H,19-21H2,1H3/t22-,29+/m0/s1. The van der Waals surface area contributed by atoms with E-state index in [0.717, 1.165) is 17.5 Å². The Hall–Kier alpha value is -3.68. The maximum absolute atomic E-state index is 14.3. The largest absolute Gasteiger partial charge is 0.483 e. The number of nitrogens with zero attached hydrogens (tertiary/aromatic N) is 1. The van der Waals surface area contributed by atoms with E-state index < -0.39 is 22.2 Å². The fourth-order valence-electron chi connectivity index (χ4n) is 4.71. The maximum atomic E-state index is 14.3. The van der Waals surface area contributed by atoms with Crippen molar-refractivity contribution in [1.29, 1.82) is 0 Å². The fourth-order valence-corrected chi connectivity index (χ4v) is 6.60. The normalized spacial score (nSPS) is 18.9. The number of fused-ring (bicyclic) bond motifs is 1. The summed E-state index contributed by atoms with van der Waals surface area (Å²) < 4.78 is 50.0. The van der Waals surface area contributed by atoms with Crippen LogP contribution < -0.4 is 10.1 Å². The van der Waals surface area contributed by atoms with E-state index in [0.29, 0.717) is 23.5 Å². The van der Waals surface area contributed by atoms with Crippen molar-refractivity contribution in [3.05, 3.63) is 126 Å². The van der Waals surface area contributed by atoms with Crippen molar-refractivity contribution >= 4 is 15.7 Å². The average Bonchev–Trinajstić information content (AvgIpc) is 2.99. The Kier molecular flexibility index (Phi) is 7.26. The number of halogens is 1. The topological polar surface area (TPSA) is 58.6 Å². The molecule has 0 radical (unpaired) electrons. The molecule has 0 aliphatic carbocycles. The third-order valence-electron chi connectivity index (χ3n) is 6.64. The quantitative estimate of drug-likeness (QED) is 0.318. The smallest absolute Gasteiger partial charge is 0.249 e. The van der Waals surface area contributed by atoms with Gasteiger partial charge in [0.05, 0.1) is 11.7 Å². The lowest BCUT2D eigenvalue weighted by molar-refractivity contribution is 0.124. The molecule has 4 aromatic rings. The zero-order valence-corrected chi connectivity index (χ0v) is 21.4. The molecule has 5 rings (SSSR count). The van der Waals surface area contributed by atoms with Gasteiger partial charge in [-0.1, -0.05) is 78.9 Å². The van der Waals surface area contributed by atoms with Crippen LogP contribution >= 0.6 is 0 Å². The monoisotopic (exact) mass is 516 g/mol. The van der Waals surface area contributed by atoms with E-state index in [2.05, 4.69) is 5.32 Å². The van der Waals surface area contributed by atoms with Gasteiger partial charge in [0.1, 0.15) is 22.6 Å². The predicted molar refractivity (Wildman–Crippen MR) is 143 cm³/mol. The molecule has 1 heterocycles. The van der Waals surface area contributed by atoms with Crippen LogP contribution in [0.5, 0.6) is 5.75 Å². The van der Waals surface area contributed by atoms with Gasteiger partial charge in [0, 0.05) is 13.1 Å². The third kappa shape index (κ3) is 5.38. The molecule has 0 aromatic heterocycles. The highest BCUT2D eigenvalue weighted by molar-refractivity contribution is 7.89. The van der Waals surface area contributed by atoms with E-state index in [1.807, 2.05) is 73.7 Å². The zero-order chi connectivity index (χ0) is 25.8. The zero-order valence-electron chi connectivity index (χ0n) is 20.5. The summed E-state index contributed by atoms with van der Waals surface area (Å²) in [4.78, 5) is 0.121. The number of hydrogen-bond donors (Lipinski definition) is 1. The molecule has 0 bridgehead atoms. The van der Waals surface area contributed by atoms with E-state index in [9.17, 15) is 12.8 Å². The molecule has 1 aliphatic heterocycles. The van der Waals surface area contributed by atoms with Gasteiger partial charge in [0.25, 0.3) is 0 Å². The summed E-state index contributed by atoms with van der Waals surface area (Å²) >= 11 is 0. The molecular weight excluding hydrogens is 487 g/mol. The van der Waals surface area contributed by atoms with Gasteiger partial charge in [-0.2, -0.15) is 4.31 Å². The van der Waals surface area contributed by atoms with E-state index in [1.165, 1.54) is 16.4 Å². The fraction of sp³-hybridized carbons (Fsp3) is 0.200. The predicted octanol–water partition coefficient (Wildman–Crippen LogP) is 6.19. The average molecular weight is 517 g/mol. The van der Waals surface area contributed by atoms with Crippen LogP contribution in [0.15, 0.2) is 108 Å². The maximum Gasteiger partial charge on any atom is 0.249 e. The molecule has 190 valence electrons. The van der Waals surface area contributed by atoms with Crippen LogP contribution in [0.25, 0.3) is 0 Å². The second-order valence-electron chi connectivity index (χ2n) is 9.16. The number of sulfonamides is 1. The molecule has 0 saturated heterocycles. The summed E-state index contributed by atoms with van der Waals surface area (Å²) in [6.07, 6.45) is 0.213. The van der Waals surface area contributed by atoms with Crippen LogP contribution in [0.1, 0.15) is 29.7 Å². The van der Waals surface area contributed by atoms with Crippen molar-refractivity contribution < 1.29 is 17.5 Å². The van der Waals surface area contributed by atoms with E-state index >= 15 is 0 Å². The molecule has 0 unspecified atom stereocenters. The molecule has 37 heavy (non-hydrogen) atoms. The van der Waals surface area contributed by atoms with Gasteiger partial charge in [0.2, 0.25) is 10.0 Å². The lowest BCUT2D eigenvalue weighted by Gasteiger charge is -2.31. The third-order valence-corrected chi connectivity index (χ3v) is 8.66. The Balaban J connectivity index is 1.55. The number of benzene rings is 4. The van der Waals surface area contributed by atoms with Crippen molar-refractivity contribution in [2.45, 2.75) is 36.9 Å². The Morgan fingerprint density at radius 2 is 1.51 bits per heavy atom. The van der Waals surface area contributed by atoms with Gasteiger partial charge in [-0.15, -0.1) is 0 Å². The van der Waals surface area contributed by atoms with Crippen molar-refractivity contribution in [1.82, 2.24) is 4.31 Å². The molecular formula is C30H29FN2O3S. The Bertz CT molecular complexity index is 1450. The second-order valence-corrected chi connectivity index (χ2v) is 11.0. The first kappa shape index (κ1) is 25.0. The first-order valence-electron chi connectivity index (χ1n) is 12.3. The van der Waals surface area contributed by atoms with Crippen molar-refractivity contribution in [2.75, 3.05) is 11.9 Å². The summed E-state index contributed by atoms with van der Waals surface area (Å²) in [5.74, 6) is -0.0525. The van der Waals surface area contributed by atoms with E-state index in [1.54, 1.807) is 24.3 Å². The lowest BCUT2D eigenvalue weighted by Crippen LogP contribution is -2.41. The van der Waals surface area contributed by atoms with E-state index in [-0.39, 0.29) is 17.3 Å². The number of hydrogen-bond acceptors (Lipinski definition) is 4. The highest BCUT2D eigenvalue weighted by atomic mass is 32.2. The molecule has 4 aromatic carbocycles. The van der Waals surface area contributed by atoms with Crippen LogP contribution in [0.4, 0.5) is 10.1 Å². The van der Waals surface area contributed by atoms with Crippen molar-refractivity contribution in [3.63, 3.8) is 0 Å².